The Labute approximate surface area is 119 Å². The molecule has 1 aromatic heterocycles. The van der Waals surface area contributed by atoms with Crippen molar-refractivity contribution in [2.45, 2.75) is 38.1 Å². The Bertz CT molecular complexity index is 401. The van der Waals surface area contributed by atoms with Gasteiger partial charge in [0.25, 0.3) is 0 Å². The monoisotopic (exact) mass is 281 g/mol. The van der Waals surface area contributed by atoms with Crippen LogP contribution in [0, 0.1) is 0 Å². The molecule has 1 aliphatic rings. The zero-order chi connectivity index (χ0) is 14.4. The summed E-state index contributed by atoms with van der Waals surface area (Å²) < 4.78 is 10.2. The lowest BCUT2D eigenvalue weighted by molar-refractivity contribution is 0.339. The second kappa shape index (κ2) is 7.23. The third-order valence-electron chi connectivity index (χ3n) is 3.57. The van der Waals surface area contributed by atoms with Crippen LogP contribution < -0.4 is 20.1 Å². The third kappa shape index (κ3) is 3.47. The maximum atomic E-state index is 5.64. The van der Waals surface area contributed by atoms with Gasteiger partial charge in [-0.2, -0.15) is 9.97 Å². The Morgan fingerprint density at radius 2 is 1.70 bits per heavy atom. The first kappa shape index (κ1) is 14.8. The minimum Gasteiger partial charge on any atom is -0.467 e. The van der Waals surface area contributed by atoms with E-state index in [1.165, 1.54) is 25.7 Å². The largest absolute Gasteiger partial charge is 0.467 e. The molecule has 7 nitrogen and oxygen atoms in total. The Kier molecular flexibility index (Phi) is 5.34. The summed E-state index contributed by atoms with van der Waals surface area (Å²) in [5.41, 5.74) is 5.64. The lowest BCUT2D eigenvalue weighted by Gasteiger charge is -2.28. The van der Waals surface area contributed by atoms with Gasteiger partial charge in [-0.15, -0.1) is 4.98 Å². The molecule has 0 unspecified atom stereocenters. The lowest BCUT2D eigenvalue weighted by atomic mass is 10.2. The van der Waals surface area contributed by atoms with Gasteiger partial charge in [0, 0.05) is 12.6 Å². The highest BCUT2D eigenvalue weighted by molar-refractivity contribution is 5.34. The molecule has 112 valence electrons. The van der Waals surface area contributed by atoms with Gasteiger partial charge in [-0.1, -0.05) is 12.8 Å². The Balaban J connectivity index is 2.25. The lowest BCUT2D eigenvalue weighted by Crippen LogP contribution is -2.36. The minimum absolute atomic E-state index is 0.280. The SMILES string of the molecule is COc1nc(OC)nc(N(CCCN)C2CCCC2)n1. The Morgan fingerprint density at radius 3 is 2.20 bits per heavy atom. The van der Waals surface area contributed by atoms with Gasteiger partial charge in [-0.3, -0.25) is 0 Å². The molecule has 0 aliphatic heterocycles. The van der Waals surface area contributed by atoms with Crippen LogP contribution in [-0.4, -0.2) is 48.3 Å². The number of ether oxygens (including phenoxy) is 2. The number of nitrogens with two attached hydrogens (primary N) is 1. The van der Waals surface area contributed by atoms with Crippen molar-refractivity contribution in [2.75, 3.05) is 32.2 Å². The van der Waals surface area contributed by atoms with Gasteiger partial charge in [0.2, 0.25) is 5.95 Å². The number of methoxy groups -OCH3 is 2. The van der Waals surface area contributed by atoms with Crippen molar-refractivity contribution in [2.24, 2.45) is 5.73 Å². The van der Waals surface area contributed by atoms with Crippen LogP contribution in [0.4, 0.5) is 5.95 Å². The summed E-state index contributed by atoms with van der Waals surface area (Å²) in [6.45, 7) is 1.50. The van der Waals surface area contributed by atoms with Crippen LogP contribution in [0.5, 0.6) is 12.0 Å². The molecular formula is C13H23N5O2. The fourth-order valence-electron chi connectivity index (χ4n) is 2.56. The summed E-state index contributed by atoms with van der Waals surface area (Å²) in [5, 5.41) is 0. The highest BCUT2D eigenvalue weighted by Gasteiger charge is 2.25. The van der Waals surface area contributed by atoms with E-state index >= 15 is 0 Å². The number of hydrogen-bond donors (Lipinski definition) is 1. The molecule has 0 saturated heterocycles. The molecule has 1 fully saturated rings. The molecule has 0 aromatic carbocycles. The van der Waals surface area contributed by atoms with Gasteiger partial charge in [0.15, 0.2) is 0 Å². The van der Waals surface area contributed by atoms with Crippen molar-refractivity contribution in [3.8, 4) is 12.0 Å². The maximum absolute atomic E-state index is 5.64. The van der Waals surface area contributed by atoms with Crippen molar-refractivity contribution >= 4 is 5.95 Å². The summed E-state index contributed by atoms with van der Waals surface area (Å²) in [6, 6.07) is 1.03. The molecule has 1 heterocycles. The molecule has 0 radical (unpaired) electrons. The Hall–Kier alpha value is -1.63. The van der Waals surface area contributed by atoms with Crippen molar-refractivity contribution in [3.05, 3.63) is 0 Å². The predicted molar refractivity (Wildman–Crippen MR) is 76.2 cm³/mol. The van der Waals surface area contributed by atoms with Gasteiger partial charge in [0.05, 0.1) is 14.2 Å². The molecule has 7 heteroatoms. The molecule has 0 bridgehead atoms. The van der Waals surface area contributed by atoms with E-state index in [1.54, 1.807) is 14.2 Å². The molecule has 1 aliphatic carbocycles. The summed E-state index contributed by atoms with van der Waals surface area (Å²) in [4.78, 5) is 15.0. The summed E-state index contributed by atoms with van der Waals surface area (Å²) >= 11 is 0. The number of anilines is 1. The molecule has 1 aromatic rings. The highest BCUT2D eigenvalue weighted by Crippen LogP contribution is 2.27. The van der Waals surface area contributed by atoms with Gasteiger partial charge in [0.1, 0.15) is 0 Å². The quantitative estimate of drug-likeness (QED) is 0.797. The van der Waals surface area contributed by atoms with Crippen molar-refractivity contribution in [1.29, 1.82) is 0 Å². The summed E-state index contributed by atoms with van der Waals surface area (Å²) in [5.74, 6) is 0.619. The van der Waals surface area contributed by atoms with E-state index in [9.17, 15) is 0 Å². The number of aromatic nitrogens is 3. The minimum atomic E-state index is 0.280. The van der Waals surface area contributed by atoms with Crippen LogP contribution in [0.1, 0.15) is 32.1 Å². The van der Waals surface area contributed by atoms with Crippen molar-refractivity contribution in [1.82, 2.24) is 15.0 Å². The van der Waals surface area contributed by atoms with E-state index in [0.717, 1.165) is 13.0 Å². The summed E-state index contributed by atoms with van der Waals surface area (Å²) in [6.07, 6.45) is 5.75. The number of rotatable bonds is 7. The zero-order valence-electron chi connectivity index (χ0n) is 12.2. The smallest absolute Gasteiger partial charge is 0.324 e. The fourth-order valence-corrected chi connectivity index (χ4v) is 2.56. The van der Waals surface area contributed by atoms with Crippen LogP contribution in [-0.2, 0) is 0 Å². The molecular weight excluding hydrogens is 258 g/mol. The zero-order valence-corrected chi connectivity index (χ0v) is 12.2. The van der Waals surface area contributed by atoms with Gasteiger partial charge in [-0.05, 0) is 25.8 Å². The second-order valence-electron chi connectivity index (χ2n) is 4.88. The topological polar surface area (TPSA) is 86.4 Å². The second-order valence-corrected chi connectivity index (χ2v) is 4.88. The fraction of sp³-hybridized carbons (Fsp3) is 0.769. The average Bonchev–Trinajstić information content (AvgIpc) is 3.01. The number of nitrogens with zero attached hydrogens (tertiary/aromatic N) is 4. The normalized spacial score (nSPS) is 15.3. The average molecular weight is 281 g/mol. The van der Waals surface area contributed by atoms with E-state index < -0.39 is 0 Å². The van der Waals surface area contributed by atoms with E-state index in [0.29, 0.717) is 18.5 Å². The van der Waals surface area contributed by atoms with E-state index in [2.05, 4.69) is 19.9 Å². The van der Waals surface area contributed by atoms with Gasteiger partial charge >= 0.3 is 12.0 Å². The van der Waals surface area contributed by atoms with Crippen LogP contribution in [0.25, 0.3) is 0 Å². The van der Waals surface area contributed by atoms with Crippen LogP contribution in [0.3, 0.4) is 0 Å². The first-order valence-corrected chi connectivity index (χ1v) is 7.09. The molecule has 2 rings (SSSR count). The van der Waals surface area contributed by atoms with Crippen molar-refractivity contribution < 1.29 is 9.47 Å². The maximum Gasteiger partial charge on any atom is 0.324 e. The molecule has 2 N–H and O–H groups in total. The van der Waals surface area contributed by atoms with Crippen LogP contribution >= 0.6 is 0 Å². The van der Waals surface area contributed by atoms with Crippen LogP contribution in [0.15, 0.2) is 0 Å². The first-order chi connectivity index (χ1) is 9.78. The van der Waals surface area contributed by atoms with Crippen molar-refractivity contribution in [3.63, 3.8) is 0 Å². The van der Waals surface area contributed by atoms with Gasteiger partial charge < -0.3 is 20.1 Å². The summed E-state index contributed by atoms with van der Waals surface area (Å²) in [7, 11) is 3.08. The predicted octanol–water partition coefficient (Wildman–Crippen LogP) is 0.987. The molecule has 0 spiro atoms. The van der Waals surface area contributed by atoms with E-state index in [1.807, 2.05) is 0 Å². The van der Waals surface area contributed by atoms with E-state index in [4.69, 9.17) is 15.2 Å². The molecule has 0 atom stereocenters. The number of hydrogen-bond acceptors (Lipinski definition) is 7. The first-order valence-electron chi connectivity index (χ1n) is 7.09. The highest BCUT2D eigenvalue weighted by atomic mass is 16.5. The van der Waals surface area contributed by atoms with Gasteiger partial charge in [-0.25, -0.2) is 0 Å². The third-order valence-corrected chi connectivity index (χ3v) is 3.57. The molecule has 1 saturated carbocycles. The standard InChI is InChI=1S/C13H23N5O2/c1-19-12-15-11(16-13(17-12)20-2)18(9-5-8-14)10-6-3-4-7-10/h10H,3-9,14H2,1-2H3. The Morgan fingerprint density at radius 1 is 1.10 bits per heavy atom. The molecule has 20 heavy (non-hydrogen) atoms. The molecule has 0 amide bonds. The van der Waals surface area contributed by atoms with Crippen LogP contribution in [0.2, 0.25) is 0 Å². The van der Waals surface area contributed by atoms with E-state index in [-0.39, 0.29) is 12.0 Å².